The van der Waals surface area contributed by atoms with E-state index in [1.165, 1.54) is 11.1 Å². The third-order valence-electron chi connectivity index (χ3n) is 12.0. The molecule has 0 atom stereocenters. The van der Waals surface area contributed by atoms with E-state index >= 15 is 0 Å². The molecule has 5 heteroatoms. The maximum Gasteiger partial charge on any atom is 0.240 e. The lowest BCUT2D eigenvalue weighted by atomic mass is 9.92. The van der Waals surface area contributed by atoms with Crippen LogP contribution in [0.4, 0.5) is 0 Å². The summed E-state index contributed by atoms with van der Waals surface area (Å²) in [6.45, 7) is 0. The number of hydrogen-bond acceptors (Lipinski definition) is 3. The molecule has 290 valence electrons. The minimum Gasteiger partial charge on any atom is -0.278 e. The first-order valence-electron chi connectivity index (χ1n) is 20.9. The molecule has 0 aliphatic rings. The summed E-state index contributed by atoms with van der Waals surface area (Å²) in [4.78, 5) is 16.2. The minimum atomic E-state index is 0.548. The molecule has 0 bridgehead atoms. The molecule has 0 saturated heterocycles. The average Bonchev–Trinajstić information content (AvgIpc) is 3.87. The Morgan fingerprint density at radius 1 is 0.242 bits per heavy atom. The average molecular weight is 792 g/mol. The monoisotopic (exact) mass is 791 g/mol. The van der Waals surface area contributed by atoms with Crippen LogP contribution >= 0.6 is 0 Å². The van der Waals surface area contributed by atoms with Crippen molar-refractivity contribution in [2.45, 2.75) is 0 Å². The number of rotatable bonds is 7. The highest BCUT2D eigenvalue weighted by Crippen LogP contribution is 2.38. The Labute approximate surface area is 358 Å². The third kappa shape index (κ3) is 5.98. The quantitative estimate of drug-likeness (QED) is 0.162. The highest BCUT2D eigenvalue weighted by molar-refractivity contribution is 6.11. The Morgan fingerprint density at radius 2 is 0.629 bits per heavy atom. The zero-order chi connectivity index (χ0) is 41.0. The van der Waals surface area contributed by atoms with Crippen LogP contribution in [0.25, 0.3) is 111 Å². The van der Waals surface area contributed by atoms with Gasteiger partial charge in [-0.05, 0) is 80.9 Å². The molecular formula is C57H37N5. The van der Waals surface area contributed by atoms with Gasteiger partial charge in [-0.3, -0.25) is 9.13 Å². The SMILES string of the molecule is c1ccc(-c2cccc(-c3ccccc3-c3cccc(-c4nc(-n5c6ccccc6c6ccccc65)nc(-n5c6ccccc6c6ccc(-c7ccccc7)cc65)n4)c3)c2)cc1. The van der Waals surface area contributed by atoms with E-state index in [9.17, 15) is 0 Å². The van der Waals surface area contributed by atoms with Gasteiger partial charge >= 0.3 is 0 Å². The van der Waals surface area contributed by atoms with Gasteiger partial charge in [-0.2, -0.15) is 15.0 Å². The molecule has 0 saturated carbocycles. The summed E-state index contributed by atoms with van der Waals surface area (Å²) in [6.07, 6.45) is 0. The van der Waals surface area contributed by atoms with E-state index in [-0.39, 0.29) is 0 Å². The zero-order valence-corrected chi connectivity index (χ0v) is 33.6. The van der Waals surface area contributed by atoms with E-state index < -0.39 is 0 Å². The molecule has 0 spiro atoms. The second-order valence-electron chi connectivity index (χ2n) is 15.7. The first-order valence-corrected chi connectivity index (χ1v) is 20.9. The summed E-state index contributed by atoms with van der Waals surface area (Å²) in [7, 11) is 0. The van der Waals surface area contributed by atoms with Crippen LogP contribution in [-0.4, -0.2) is 24.1 Å². The smallest absolute Gasteiger partial charge is 0.240 e. The molecule has 12 aromatic rings. The summed E-state index contributed by atoms with van der Waals surface area (Å²) in [5.74, 6) is 1.69. The number of hydrogen-bond donors (Lipinski definition) is 0. The predicted octanol–water partition coefficient (Wildman–Crippen LogP) is 14.4. The molecular weight excluding hydrogens is 755 g/mol. The van der Waals surface area contributed by atoms with Crippen LogP contribution in [0.15, 0.2) is 224 Å². The van der Waals surface area contributed by atoms with Crippen molar-refractivity contribution in [2.75, 3.05) is 0 Å². The third-order valence-corrected chi connectivity index (χ3v) is 12.0. The summed E-state index contributed by atoms with van der Waals surface area (Å²) in [6, 6.07) is 79.3. The molecule has 0 aliphatic carbocycles. The summed E-state index contributed by atoms with van der Waals surface area (Å²) in [5.41, 5.74) is 14.2. The molecule has 9 aromatic carbocycles. The Hall–Kier alpha value is -8.41. The van der Waals surface area contributed by atoms with Gasteiger partial charge < -0.3 is 0 Å². The Morgan fingerprint density at radius 3 is 1.18 bits per heavy atom. The van der Waals surface area contributed by atoms with Crippen LogP contribution in [-0.2, 0) is 0 Å². The number of fused-ring (bicyclic) bond motifs is 6. The second kappa shape index (κ2) is 14.7. The van der Waals surface area contributed by atoms with Crippen LogP contribution in [0.2, 0.25) is 0 Å². The predicted molar refractivity (Wildman–Crippen MR) is 256 cm³/mol. The number of aromatic nitrogens is 5. The summed E-state index contributed by atoms with van der Waals surface area (Å²) < 4.78 is 4.39. The summed E-state index contributed by atoms with van der Waals surface area (Å²) in [5, 5.41) is 4.56. The lowest BCUT2D eigenvalue weighted by Gasteiger charge is -2.14. The molecule has 3 heterocycles. The second-order valence-corrected chi connectivity index (χ2v) is 15.7. The fourth-order valence-corrected chi connectivity index (χ4v) is 9.13. The van der Waals surface area contributed by atoms with Crippen LogP contribution < -0.4 is 0 Å². The van der Waals surface area contributed by atoms with Crippen LogP contribution in [0.1, 0.15) is 0 Å². The van der Waals surface area contributed by atoms with Gasteiger partial charge in [0.1, 0.15) is 0 Å². The van der Waals surface area contributed by atoms with Gasteiger partial charge in [-0.1, -0.05) is 188 Å². The van der Waals surface area contributed by atoms with Gasteiger partial charge in [0.2, 0.25) is 11.9 Å². The molecule has 0 amide bonds. The van der Waals surface area contributed by atoms with E-state index in [0.717, 1.165) is 82.6 Å². The van der Waals surface area contributed by atoms with Crippen LogP contribution in [0.5, 0.6) is 0 Å². The van der Waals surface area contributed by atoms with Gasteiger partial charge in [0.25, 0.3) is 0 Å². The van der Waals surface area contributed by atoms with Crippen molar-refractivity contribution in [1.82, 2.24) is 24.1 Å². The molecule has 3 aromatic heterocycles. The van der Waals surface area contributed by atoms with Gasteiger partial charge in [0, 0.05) is 27.1 Å². The molecule has 5 nitrogen and oxygen atoms in total. The molecule has 0 aliphatic heterocycles. The fraction of sp³-hybridized carbons (Fsp3) is 0. The van der Waals surface area contributed by atoms with Crippen LogP contribution in [0, 0.1) is 0 Å². The molecule has 0 fully saturated rings. The van der Waals surface area contributed by atoms with Crippen molar-refractivity contribution in [3.05, 3.63) is 224 Å². The fourth-order valence-electron chi connectivity index (χ4n) is 9.13. The van der Waals surface area contributed by atoms with Gasteiger partial charge in [0.05, 0.1) is 22.1 Å². The van der Waals surface area contributed by atoms with Crippen LogP contribution in [0.3, 0.4) is 0 Å². The summed E-state index contributed by atoms with van der Waals surface area (Å²) >= 11 is 0. The topological polar surface area (TPSA) is 48.5 Å². The maximum absolute atomic E-state index is 5.42. The maximum atomic E-state index is 5.42. The van der Waals surface area contributed by atoms with Crippen molar-refractivity contribution < 1.29 is 0 Å². The Balaban J connectivity index is 1.09. The lowest BCUT2D eigenvalue weighted by molar-refractivity contribution is 0.893. The first-order chi connectivity index (χ1) is 30.7. The molecule has 0 N–H and O–H groups in total. The van der Waals surface area contributed by atoms with Crippen molar-refractivity contribution in [3.63, 3.8) is 0 Å². The molecule has 62 heavy (non-hydrogen) atoms. The van der Waals surface area contributed by atoms with Crippen molar-refractivity contribution >= 4 is 43.6 Å². The highest BCUT2D eigenvalue weighted by atomic mass is 15.3. The Bertz CT molecular complexity index is 3590. The number of para-hydroxylation sites is 3. The zero-order valence-electron chi connectivity index (χ0n) is 33.6. The molecule has 0 unspecified atom stereocenters. The number of nitrogens with zero attached hydrogens (tertiary/aromatic N) is 5. The van der Waals surface area contributed by atoms with Crippen molar-refractivity contribution in [3.8, 4) is 67.8 Å². The standard InChI is InChI=1S/C57H37N5/c1-3-17-38(18-4-1)40-21-15-22-42(35-40)45-25-7-8-26-46(45)43-23-16-24-44(36-43)55-58-56(61-51-30-12-9-27-47(51)48-28-10-13-31-52(48)61)60-57(59-55)62-53-32-14-11-29-49(53)50-34-33-41(37-54(50)62)39-19-5-2-6-20-39/h1-37H. The molecule has 0 radical (unpaired) electrons. The van der Waals surface area contributed by atoms with E-state index in [2.05, 4.69) is 234 Å². The van der Waals surface area contributed by atoms with E-state index in [1.807, 2.05) is 0 Å². The van der Waals surface area contributed by atoms with E-state index in [4.69, 9.17) is 15.0 Å². The van der Waals surface area contributed by atoms with E-state index in [1.54, 1.807) is 0 Å². The highest BCUT2D eigenvalue weighted by Gasteiger charge is 2.21. The molecule has 12 rings (SSSR count). The normalized spacial score (nSPS) is 11.5. The van der Waals surface area contributed by atoms with Gasteiger partial charge in [-0.15, -0.1) is 0 Å². The lowest BCUT2D eigenvalue weighted by Crippen LogP contribution is -2.10. The largest absolute Gasteiger partial charge is 0.278 e. The van der Waals surface area contributed by atoms with Crippen molar-refractivity contribution in [2.24, 2.45) is 0 Å². The van der Waals surface area contributed by atoms with Crippen molar-refractivity contribution in [1.29, 1.82) is 0 Å². The Kier molecular flexibility index (Phi) is 8.42. The van der Waals surface area contributed by atoms with Gasteiger partial charge in [-0.25, -0.2) is 0 Å². The first kappa shape index (κ1) is 35.5. The van der Waals surface area contributed by atoms with Gasteiger partial charge in [0.15, 0.2) is 5.82 Å². The minimum absolute atomic E-state index is 0.548. The number of benzene rings is 9. The van der Waals surface area contributed by atoms with E-state index in [0.29, 0.717) is 17.7 Å².